The van der Waals surface area contributed by atoms with Crippen molar-refractivity contribution in [2.24, 2.45) is 0 Å². The quantitative estimate of drug-likeness (QED) is 0.376. The van der Waals surface area contributed by atoms with Crippen LogP contribution in [0.15, 0.2) is 65.5 Å². The third-order valence-electron chi connectivity index (χ3n) is 3.97. The van der Waals surface area contributed by atoms with Crippen molar-refractivity contribution in [1.82, 2.24) is 15.0 Å². The first-order valence-electron chi connectivity index (χ1n) is 8.28. The third kappa shape index (κ3) is 4.21. The minimum atomic E-state index is -0.285. The molecule has 2 aromatic carbocycles. The van der Waals surface area contributed by atoms with Gasteiger partial charge in [-0.25, -0.2) is 19.3 Å². The number of rotatable bonds is 5. The highest BCUT2D eigenvalue weighted by Crippen LogP contribution is 2.31. The van der Waals surface area contributed by atoms with Crippen LogP contribution in [0.3, 0.4) is 0 Å². The second kappa shape index (κ2) is 8.08. The Morgan fingerprint density at radius 1 is 1.07 bits per heavy atom. The lowest BCUT2D eigenvalue weighted by Crippen LogP contribution is -1.99. The molecule has 0 amide bonds. The number of aromatic nitrogens is 3. The SMILES string of the molecule is Fc1cccc(COc2ccc(Nc3ncnc4cnc(Cl)cc34)cc2Br)c1. The van der Waals surface area contributed by atoms with Crippen LogP contribution in [0.2, 0.25) is 5.15 Å². The van der Waals surface area contributed by atoms with Crippen LogP contribution in [0.1, 0.15) is 5.56 Å². The maximum atomic E-state index is 13.3. The number of nitrogens with zero attached hydrogens (tertiary/aromatic N) is 3. The van der Waals surface area contributed by atoms with Crippen LogP contribution in [0.5, 0.6) is 5.75 Å². The summed E-state index contributed by atoms with van der Waals surface area (Å²) in [6.45, 7) is 0.269. The maximum absolute atomic E-state index is 13.3. The fraction of sp³-hybridized carbons (Fsp3) is 0.0500. The summed E-state index contributed by atoms with van der Waals surface area (Å²) >= 11 is 9.50. The minimum Gasteiger partial charge on any atom is -0.488 e. The Bertz CT molecular complexity index is 1160. The first-order valence-corrected chi connectivity index (χ1v) is 9.46. The molecule has 0 saturated heterocycles. The van der Waals surface area contributed by atoms with E-state index in [1.165, 1.54) is 18.5 Å². The van der Waals surface area contributed by atoms with Crippen LogP contribution in [-0.4, -0.2) is 15.0 Å². The zero-order valence-electron chi connectivity index (χ0n) is 14.4. The van der Waals surface area contributed by atoms with Gasteiger partial charge >= 0.3 is 0 Å². The van der Waals surface area contributed by atoms with Crippen molar-refractivity contribution in [2.45, 2.75) is 6.61 Å². The van der Waals surface area contributed by atoms with Gasteiger partial charge in [0, 0.05) is 11.1 Å². The first-order chi connectivity index (χ1) is 13.6. The Morgan fingerprint density at radius 2 is 1.96 bits per heavy atom. The Hall–Kier alpha value is -2.77. The molecule has 1 N–H and O–H groups in total. The highest BCUT2D eigenvalue weighted by Gasteiger charge is 2.08. The summed E-state index contributed by atoms with van der Waals surface area (Å²) in [7, 11) is 0. The monoisotopic (exact) mass is 458 g/mol. The van der Waals surface area contributed by atoms with Gasteiger partial charge in [0.2, 0.25) is 0 Å². The lowest BCUT2D eigenvalue weighted by molar-refractivity contribution is 0.303. The molecule has 140 valence electrons. The van der Waals surface area contributed by atoms with E-state index in [2.05, 4.69) is 36.2 Å². The van der Waals surface area contributed by atoms with Gasteiger partial charge in [-0.1, -0.05) is 23.7 Å². The highest BCUT2D eigenvalue weighted by molar-refractivity contribution is 9.10. The van der Waals surface area contributed by atoms with Crippen LogP contribution in [0, 0.1) is 5.82 Å². The summed E-state index contributed by atoms with van der Waals surface area (Å²) in [5.74, 6) is 0.983. The van der Waals surface area contributed by atoms with Gasteiger partial charge in [-0.3, -0.25) is 0 Å². The van der Waals surface area contributed by atoms with Crippen LogP contribution in [0.25, 0.3) is 10.9 Å². The van der Waals surface area contributed by atoms with E-state index in [9.17, 15) is 4.39 Å². The molecule has 4 aromatic rings. The Labute approximate surface area is 173 Å². The molecule has 28 heavy (non-hydrogen) atoms. The van der Waals surface area contributed by atoms with Gasteiger partial charge in [-0.05, 0) is 57.9 Å². The van der Waals surface area contributed by atoms with Gasteiger partial charge in [0.15, 0.2) is 0 Å². The van der Waals surface area contributed by atoms with Gasteiger partial charge in [0.25, 0.3) is 0 Å². The van der Waals surface area contributed by atoms with Crippen LogP contribution in [0.4, 0.5) is 15.9 Å². The first kappa shape index (κ1) is 18.6. The fourth-order valence-corrected chi connectivity index (χ4v) is 3.30. The predicted molar refractivity (Wildman–Crippen MR) is 110 cm³/mol. The smallest absolute Gasteiger partial charge is 0.141 e. The lowest BCUT2D eigenvalue weighted by atomic mass is 10.2. The number of fused-ring (bicyclic) bond motifs is 1. The van der Waals surface area contributed by atoms with Crippen molar-refractivity contribution >= 4 is 49.9 Å². The van der Waals surface area contributed by atoms with Gasteiger partial charge in [-0.15, -0.1) is 0 Å². The molecule has 0 unspecified atom stereocenters. The number of nitrogens with one attached hydrogen (secondary N) is 1. The maximum Gasteiger partial charge on any atom is 0.141 e. The number of anilines is 2. The molecule has 0 bridgehead atoms. The summed E-state index contributed by atoms with van der Waals surface area (Å²) in [6, 6.07) is 13.6. The second-order valence-electron chi connectivity index (χ2n) is 5.94. The molecular weight excluding hydrogens is 447 g/mol. The molecule has 0 aliphatic heterocycles. The molecule has 0 atom stereocenters. The number of benzene rings is 2. The predicted octanol–water partition coefficient (Wildman–Crippen LogP) is 5.90. The zero-order valence-corrected chi connectivity index (χ0v) is 16.7. The van der Waals surface area contributed by atoms with E-state index >= 15 is 0 Å². The van der Waals surface area contributed by atoms with Crippen LogP contribution in [-0.2, 0) is 6.61 Å². The Morgan fingerprint density at radius 3 is 2.79 bits per heavy atom. The van der Waals surface area contributed by atoms with Crippen LogP contribution >= 0.6 is 27.5 Å². The number of halogens is 3. The van der Waals surface area contributed by atoms with E-state index in [1.54, 1.807) is 18.3 Å². The molecule has 0 aliphatic rings. The third-order valence-corrected chi connectivity index (χ3v) is 4.79. The standard InChI is InChI=1S/C20H13BrClFN4O/c21-16-7-14(4-5-18(16)28-10-12-2-1-3-13(23)6-12)27-20-15-8-19(22)24-9-17(15)25-11-26-20/h1-9,11H,10H2,(H,25,26,27). The fourth-order valence-electron chi connectivity index (χ4n) is 2.65. The molecule has 0 fully saturated rings. The van der Waals surface area contributed by atoms with E-state index in [4.69, 9.17) is 16.3 Å². The summed E-state index contributed by atoms with van der Waals surface area (Å²) < 4.78 is 19.8. The van der Waals surface area contributed by atoms with Crippen LogP contribution < -0.4 is 10.1 Å². The van der Waals surface area contributed by atoms with E-state index in [1.807, 2.05) is 24.3 Å². The van der Waals surface area contributed by atoms with Gasteiger partial charge in [-0.2, -0.15) is 0 Å². The average molecular weight is 460 g/mol. The van der Waals surface area contributed by atoms with Gasteiger partial charge in [0.1, 0.15) is 35.5 Å². The number of pyridine rings is 1. The van der Waals surface area contributed by atoms with Gasteiger partial charge in [0.05, 0.1) is 16.2 Å². The van der Waals surface area contributed by atoms with E-state index in [-0.39, 0.29) is 12.4 Å². The topological polar surface area (TPSA) is 59.9 Å². The van der Waals surface area contributed by atoms with Crippen molar-refractivity contribution < 1.29 is 9.13 Å². The van der Waals surface area contributed by atoms with Crippen molar-refractivity contribution in [3.63, 3.8) is 0 Å². The number of hydrogen-bond donors (Lipinski definition) is 1. The highest BCUT2D eigenvalue weighted by atomic mass is 79.9. The summed E-state index contributed by atoms with van der Waals surface area (Å²) in [6.07, 6.45) is 3.07. The normalized spacial score (nSPS) is 10.8. The van der Waals surface area contributed by atoms with E-state index in [0.717, 1.165) is 21.1 Å². The molecule has 0 spiro atoms. The zero-order chi connectivity index (χ0) is 19.5. The molecule has 2 heterocycles. The molecule has 0 radical (unpaired) electrons. The molecule has 8 heteroatoms. The lowest BCUT2D eigenvalue weighted by Gasteiger charge is -2.12. The van der Waals surface area contributed by atoms with E-state index in [0.29, 0.717) is 22.2 Å². The second-order valence-corrected chi connectivity index (χ2v) is 7.18. The van der Waals surface area contributed by atoms with Crippen molar-refractivity contribution in [2.75, 3.05) is 5.32 Å². The van der Waals surface area contributed by atoms with Gasteiger partial charge < -0.3 is 10.1 Å². The molecule has 2 aromatic heterocycles. The number of hydrogen-bond acceptors (Lipinski definition) is 5. The Balaban J connectivity index is 1.53. The number of ether oxygens (including phenoxy) is 1. The van der Waals surface area contributed by atoms with Crippen molar-refractivity contribution in [1.29, 1.82) is 0 Å². The molecule has 5 nitrogen and oxygen atoms in total. The minimum absolute atomic E-state index is 0.269. The van der Waals surface area contributed by atoms with E-state index < -0.39 is 0 Å². The molecule has 0 aliphatic carbocycles. The molecule has 4 rings (SSSR count). The largest absolute Gasteiger partial charge is 0.488 e. The average Bonchev–Trinajstić information content (AvgIpc) is 2.68. The summed E-state index contributed by atoms with van der Waals surface area (Å²) in [5, 5.41) is 4.39. The van der Waals surface area contributed by atoms with Crippen molar-refractivity contribution in [3.05, 3.63) is 82.1 Å². The summed E-state index contributed by atoms with van der Waals surface area (Å²) in [4.78, 5) is 12.5. The Kier molecular flexibility index (Phi) is 5.36. The summed E-state index contributed by atoms with van der Waals surface area (Å²) in [5.41, 5.74) is 2.25. The molecular formula is C20H13BrClFN4O. The molecule has 0 saturated carbocycles. The van der Waals surface area contributed by atoms with Crippen molar-refractivity contribution in [3.8, 4) is 5.75 Å².